The lowest BCUT2D eigenvalue weighted by Crippen LogP contribution is -2.55. The van der Waals surface area contributed by atoms with Crippen molar-refractivity contribution in [2.75, 3.05) is 12.0 Å². The van der Waals surface area contributed by atoms with E-state index < -0.39 is 41.8 Å². The van der Waals surface area contributed by atoms with Gasteiger partial charge in [-0.2, -0.15) is 11.8 Å². The van der Waals surface area contributed by atoms with Crippen LogP contribution in [-0.2, 0) is 19.2 Å². The predicted molar refractivity (Wildman–Crippen MR) is 100 cm³/mol. The van der Waals surface area contributed by atoms with Crippen LogP contribution in [0.15, 0.2) is 0 Å². The first-order valence-electron chi connectivity index (χ1n) is 8.44. The molecule has 0 rings (SSSR count). The first-order chi connectivity index (χ1) is 12.1. The van der Waals surface area contributed by atoms with Crippen LogP contribution in [0, 0.1) is 5.92 Å². The molecule has 9 nitrogen and oxygen atoms in total. The second-order valence-electron chi connectivity index (χ2n) is 6.48. The number of carboxylic acid groups (broad SMARTS) is 1. The molecule has 0 fully saturated rings. The zero-order valence-electron chi connectivity index (χ0n) is 15.5. The number of hydrogen-bond donors (Lipinski definition) is 5. The molecule has 26 heavy (non-hydrogen) atoms. The van der Waals surface area contributed by atoms with Gasteiger partial charge in [-0.3, -0.25) is 14.4 Å². The maximum Gasteiger partial charge on any atom is 0.326 e. The molecule has 0 aromatic rings. The van der Waals surface area contributed by atoms with E-state index >= 15 is 0 Å². The van der Waals surface area contributed by atoms with Crippen LogP contribution in [0.2, 0.25) is 0 Å². The molecule has 0 saturated carbocycles. The number of aliphatic carboxylic acids is 1. The summed E-state index contributed by atoms with van der Waals surface area (Å²) < 4.78 is 0. The van der Waals surface area contributed by atoms with Crippen molar-refractivity contribution in [3.8, 4) is 0 Å². The molecule has 0 aliphatic carbocycles. The van der Waals surface area contributed by atoms with Gasteiger partial charge in [-0.15, -0.1) is 0 Å². The minimum atomic E-state index is -1.27. The average Bonchev–Trinajstić information content (AvgIpc) is 2.54. The van der Waals surface area contributed by atoms with Crippen LogP contribution in [0.4, 0.5) is 0 Å². The Morgan fingerprint density at radius 1 is 1.04 bits per heavy atom. The summed E-state index contributed by atoms with van der Waals surface area (Å²) in [6.45, 7) is 3.75. The summed E-state index contributed by atoms with van der Waals surface area (Å²) in [7, 11) is 0. The zero-order chi connectivity index (χ0) is 20.3. The molecule has 0 aliphatic rings. The zero-order valence-corrected chi connectivity index (χ0v) is 16.3. The molecule has 0 unspecified atom stereocenters. The SMILES string of the molecule is CSCC[C@H](N)C(=O)N[C@@H](CC(C)C)C(=O)N[C@@H](CCC(N)=O)C(=O)O. The van der Waals surface area contributed by atoms with Gasteiger partial charge in [0.15, 0.2) is 0 Å². The van der Waals surface area contributed by atoms with Gasteiger partial charge in [0.2, 0.25) is 17.7 Å². The molecule has 10 heteroatoms. The highest BCUT2D eigenvalue weighted by Gasteiger charge is 2.28. The predicted octanol–water partition coefficient (Wildman–Crippen LogP) is -0.567. The molecule has 0 saturated heterocycles. The number of rotatable bonds is 13. The average molecular weight is 391 g/mol. The van der Waals surface area contributed by atoms with E-state index in [9.17, 15) is 24.3 Å². The van der Waals surface area contributed by atoms with E-state index in [1.807, 2.05) is 20.1 Å². The lowest BCUT2D eigenvalue weighted by atomic mass is 10.0. The van der Waals surface area contributed by atoms with Gasteiger partial charge >= 0.3 is 5.97 Å². The smallest absolute Gasteiger partial charge is 0.326 e. The van der Waals surface area contributed by atoms with Crippen LogP contribution < -0.4 is 22.1 Å². The second kappa shape index (κ2) is 12.5. The molecule has 0 bridgehead atoms. The Morgan fingerprint density at radius 3 is 2.08 bits per heavy atom. The number of carboxylic acids is 1. The largest absolute Gasteiger partial charge is 0.480 e. The van der Waals surface area contributed by atoms with E-state index in [-0.39, 0.29) is 18.8 Å². The molecule has 0 radical (unpaired) electrons. The van der Waals surface area contributed by atoms with E-state index in [0.717, 1.165) is 0 Å². The molecule has 0 heterocycles. The third-order valence-corrected chi connectivity index (χ3v) is 4.25. The second-order valence-corrected chi connectivity index (χ2v) is 7.47. The Bertz CT molecular complexity index is 501. The number of primary amides is 1. The van der Waals surface area contributed by atoms with Crippen molar-refractivity contribution < 1.29 is 24.3 Å². The fourth-order valence-corrected chi connectivity index (χ4v) is 2.66. The summed E-state index contributed by atoms with van der Waals surface area (Å²) in [5.41, 5.74) is 10.8. The summed E-state index contributed by atoms with van der Waals surface area (Å²) in [6.07, 6.45) is 2.41. The molecular formula is C16H30N4O5S. The van der Waals surface area contributed by atoms with Crippen molar-refractivity contribution in [3.63, 3.8) is 0 Å². The Labute approximate surface area is 158 Å². The molecule has 3 atom stereocenters. The monoisotopic (exact) mass is 390 g/mol. The minimum absolute atomic E-state index is 0.0855. The van der Waals surface area contributed by atoms with Gasteiger partial charge < -0.3 is 27.2 Å². The maximum atomic E-state index is 12.5. The lowest BCUT2D eigenvalue weighted by molar-refractivity contribution is -0.142. The van der Waals surface area contributed by atoms with Crippen LogP contribution in [-0.4, -0.2) is 58.9 Å². The first kappa shape index (κ1) is 24.2. The summed E-state index contributed by atoms with van der Waals surface area (Å²) >= 11 is 1.56. The van der Waals surface area contributed by atoms with Gasteiger partial charge in [0.1, 0.15) is 12.1 Å². The van der Waals surface area contributed by atoms with E-state index in [1.54, 1.807) is 11.8 Å². The highest BCUT2D eigenvalue weighted by molar-refractivity contribution is 7.98. The lowest BCUT2D eigenvalue weighted by Gasteiger charge is -2.24. The fourth-order valence-electron chi connectivity index (χ4n) is 2.17. The minimum Gasteiger partial charge on any atom is -0.480 e. The van der Waals surface area contributed by atoms with E-state index in [0.29, 0.717) is 18.6 Å². The molecule has 0 spiro atoms. The maximum absolute atomic E-state index is 12.5. The number of hydrogen-bond acceptors (Lipinski definition) is 6. The normalized spacial score (nSPS) is 14.3. The Hall–Kier alpha value is -1.81. The third kappa shape index (κ3) is 10.2. The van der Waals surface area contributed by atoms with Crippen LogP contribution in [0.5, 0.6) is 0 Å². The van der Waals surface area contributed by atoms with Gasteiger partial charge in [0.05, 0.1) is 6.04 Å². The summed E-state index contributed by atoms with van der Waals surface area (Å²) in [4.78, 5) is 46.7. The van der Waals surface area contributed by atoms with Gasteiger partial charge in [-0.1, -0.05) is 13.8 Å². The number of thioether (sulfide) groups is 1. The quantitative estimate of drug-likeness (QED) is 0.281. The summed E-state index contributed by atoms with van der Waals surface area (Å²) in [6, 6.07) is -2.90. The van der Waals surface area contributed by atoms with Crippen molar-refractivity contribution in [3.05, 3.63) is 0 Å². The van der Waals surface area contributed by atoms with Gasteiger partial charge in [-0.25, -0.2) is 4.79 Å². The Morgan fingerprint density at radius 2 is 1.62 bits per heavy atom. The molecule has 3 amide bonds. The van der Waals surface area contributed by atoms with Crippen LogP contribution in [0.1, 0.15) is 39.5 Å². The Balaban J connectivity index is 4.97. The number of nitrogens with two attached hydrogens (primary N) is 2. The third-order valence-electron chi connectivity index (χ3n) is 3.60. The number of carbonyl (C=O) groups excluding carboxylic acids is 3. The van der Waals surface area contributed by atoms with E-state index in [4.69, 9.17) is 11.5 Å². The van der Waals surface area contributed by atoms with Crippen LogP contribution in [0.25, 0.3) is 0 Å². The highest BCUT2D eigenvalue weighted by atomic mass is 32.2. The van der Waals surface area contributed by atoms with Crippen molar-refractivity contribution in [1.29, 1.82) is 0 Å². The summed E-state index contributed by atoms with van der Waals surface area (Å²) in [5, 5.41) is 14.1. The highest BCUT2D eigenvalue weighted by Crippen LogP contribution is 2.08. The van der Waals surface area contributed by atoms with Crippen LogP contribution >= 0.6 is 11.8 Å². The van der Waals surface area contributed by atoms with Gasteiger partial charge in [-0.05, 0) is 37.2 Å². The molecule has 7 N–H and O–H groups in total. The van der Waals surface area contributed by atoms with Crippen molar-refractivity contribution >= 4 is 35.5 Å². The van der Waals surface area contributed by atoms with Gasteiger partial charge in [0, 0.05) is 6.42 Å². The molecule has 0 aromatic carbocycles. The molecule has 0 aliphatic heterocycles. The topological polar surface area (TPSA) is 165 Å². The Kier molecular flexibility index (Phi) is 11.7. The number of carbonyl (C=O) groups is 4. The summed E-state index contributed by atoms with van der Waals surface area (Å²) in [5.74, 6) is -2.21. The molecule has 0 aromatic heterocycles. The standard InChI is InChI=1S/C16H30N4O5S/c1-9(2)8-12(20-14(22)10(17)6-7-26-3)15(23)19-11(16(24)25)4-5-13(18)21/h9-12H,4-8,17H2,1-3H3,(H2,18,21)(H,19,23)(H,20,22)(H,24,25)/t10-,11-,12-/m0/s1. The number of amides is 3. The van der Waals surface area contributed by atoms with E-state index in [2.05, 4.69) is 10.6 Å². The fraction of sp³-hybridized carbons (Fsp3) is 0.750. The van der Waals surface area contributed by atoms with Crippen LogP contribution in [0.3, 0.4) is 0 Å². The van der Waals surface area contributed by atoms with Crippen molar-refractivity contribution in [1.82, 2.24) is 10.6 Å². The first-order valence-corrected chi connectivity index (χ1v) is 9.84. The van der Waals surface area contributed by atoms with E-state index in [1.165, 1.54) is 0 Å². The molecule has 150 valence electrons. The number of nitrogens with one attached hydrogen (secondary N) is 2. The van der Waals surface area contributed by atoms with Gasteiger partial charge in [0.25, 0.3) is 0 Å². The van der Waals surface area contributed by atoms with Crippen molar-refractivity contribution in [2.24, 2.45) is 17.4 Å². The molecular weight excluding hydrogens is 360 g/mol. The van der Waals surface area contributed by atoms with Crippen molar-refractivity contribution in [2.45, 2.75) is 57.7 Å².